The monoisotopic (exact) mass is 523 g/mol. The maximum atomic E-state index is 14.1. The topological polar surface area (TPSA) is 126 Å². The number of nitrogens with one attached hydrogen (secondary N) is 1. The average Bonchev–Trinajstić information content (AvgIpc) is 3.28. The molecule has 1 aromatic carbocycles. The Hall–Kier alpha value is -3.36. The van der Waals surface area contributed by atoms with Gasteiger partial charge in [-0.3, -0.25) is 19.7 Å². The van der Waals surface area contributed by atoms with Crippen molar-refractivity contribution in [2.75, 3.05) is 31.2 Å². The van der Waals surface area contributed by atoms with E-state index in [4.69, 9.17) is 4.74 Å². The molecule has 1 saturated heterocycles. The number of pyridine rings is 1. The second-order valence-electron chi connectivity index (χ2n) is 8.56. The molecule has 190 valence electrons. The molecule has 0 unspecified atom stereocenters. The number of rotatable bonds is 3. The van der Waals surface area contributed by atoms with E-state index >= 15 is 0 Å². The predicted molar refractivity (Wildman–Crippen MR) is 120 cm³/mol. The number of alkyl halides is 3. The first-order valence-electron chi connectivity index (χ1n) is 10.9. The van der Waals surface area contributed by atoms with Gasteiger partial charge in [0.2, 0.25) is 10.0 Å². The molecule has 2 aromatic heterocycles. The molecule has 0 bridgehead atoms. The van der Waals surface area contributed by atoms with Gasteiger partial charge in [-0.2, -0.15) is 22.6 Å². The van der Waals surface area contributed by atoms with Crippen molar-refractivity contribution in [3.8, 4) is 0 Å². The van der Waals surface area contributed by atoms with Crippen LogP contribution in [0.2, 0.25) is 0 Å². The summed E-state index contributed by atoms with van der Waals surface area (Å²) in [5.41, 5.74) is -1.58. The minimum atomic E-state index is -4.98. The van der Waals surface area contributed by atoms with Gasteiger partial charge in [0.1, 0.15) is 0 Å². The van der Waals surface area contributed by atoms with Crippen LogP contribution in [-0.2, 0) is 20.9 Å². The zero-order valence-electron chi connectivity index (χ0n) is 19.4. The van der Waals surface area contributed by atoms with E-state index in [0.29, 0.717) is 17.5 Å². The number of halogens is 3. The Kier molecular flexibility index (Phi) is 5.46. The highest BCUT2D eigenvalue weighted by Gasteiger charge is 2.44. The largest absolute Gasteiger partial charge is 0.418 e. The zero-order valence-corrected chi connectivity index (χ0v) is 20.2. The summed E-state index contributed by atoms with van der Waals surface area (Å²) in [5.74, 6) is -1.66. The van der Waals surface area contributed by atoms with Crippen molar-refractivity contribution in [2.24, 2.45) is 0 Å². The smallest absolute Gasteiger partial charge is 0.379 e. The summed E-state index contributed by atoms with van der Waals surface area (Å²) >= 11 is 0. The van der Waals surface area contributed by atoms with Crippen LogP contribution in [0.5, 0.6) is 0 Å². The number of fused-ring (bicyclic) bond motifs is 3. The van der Waals surface area contributed by atoms with E-state index in [1.165, 1.54) is 6.92 Å². The Morgan fingerprint density at radius 1 is 1.00 bits per heavy atom. The number of ether oxygens (including phenoxy) is 1. The van der Waals surface area contributed by atoms with Crippen LogP contribution in [0.4, 0.5) is 18.9 Å². The number of benzene rings is 1. The Balaban J connectivity index is 1.81. The number of aryl methyl sites for hydroxylation is 3. The number of nitrogens with zero attached hydrogens (tertiary/aromatic N) is 4. The van der Waals surface area contributed by atoms with Gasteiger partial charge in [0, 0.05) is 18.5 Å². The molecule has 4 heterocycles. The number of H-pyrrole nitrogens is 1. The van der Waals surface area contributed by atoms with Crippen LogP contribution in [0.3, 0.4) is 0 Å². The molecule has 0 spiro atoms. The van der Waals surface area contributed by atoms with E-state index in [9.17, 15) is 31.2 Å². The summed E-state index contributed by atoms with van der Waals surface area (Å²) in [5, 5.41) is 6.30. The number of hydrogen-bond donors (Lipinski definition) is 1. The molecule has 3 aromatic rings. The van der Waals surface area contributed by atoms with Crippen molar-refractivity contribution in [2.45, 2.75) is 31.8 Å². The number of imide groups is 1. The van der Waals surface area contributed by atoms with Crippen LogP contribution in [0, 0.1) is 20.8 Å². The lowest BCUT2D eigenvalue weighted by atomic mass is 9.99. The van der Waals surface area contributed by atoms with E-state index in [1.807, 2.05) is 0 Å². The molecule has 0 saturated carbocycles. The molecular weight excluding hydrogens is 503 g/mol. The molecule has 2 amide bonds. The molecule has 1 fully saturated rings. The van der Waals surface area contributed by atoms with E-state index in [0.717, 1.165) is 15.3 Å². The zero-order chi connectivity index (χ0) is 26.2. The molecular formula is C22H20F3N5O5S. The van der Waals surface area contributed by atoms with E-state index in [-0.39, 0.29) is 54.2 Å². The molecule has 2 aliphatic heterocycles. The SMILES string of the molecule is Cc1nc2c(C(F)(F)F)cc(S(=O)(=O)N3CCOCC3)cc2c2c1C(=O)N(c1c(C)n[nH]c1C)C2=O. The normalized spacial score (nSPS) is 17.3. The molecule has 0 atom stereocenters. The molecule has 1 N–H and O–H groups in total. The van der Waals surface area contributed by atoms with Crippen LogP contribution in [0.15, 0.2) is 17.0 Å². The lowest BCUT2D eigenvalue weighted by Crippen LogP contribution is -2.40. The predicted octanol–water partition coefficient (Wildman–Crippen LogP) is 2.72. The second kappa shape index (κ2) is 8.08. The van der Waals surface area contributed by atoms with Gasteiger partial charge in [0.05, 0.1) is 63.1 Å². The molecule has 5 rings (SSSR count). The van der Waals surface area contributed by atoms with E-state index in [1.54, 1.807) is 13.8 Å². The van der Waals surface area contributed by atoms with E-state index in [2.05, 4.69) is 15.2 Å². The standard InChI is InChI=1S/C22H20F3N5O5S/c1-10-16-17(21(32)30(20(16)31)19-11(2)27-28-12(19)3)14-8-13(9-15(18(14)26-10)22(23,24)25)36(33,34)29-4-6-35-7-5-29/h8-9H,4-7H2,1-3H3,(H,27,28). The lowest BCUT2D eigenvalue weighted by Gasteiger charge is -2.26. The molecule has 0 radical (unpaired) electrons. The molecule has 2 aliphatic rings. The fourth-order valence-corrected chi connectivity index (χ4v) is 6.10. The van der Waals surface area contributed by atoms with Crippen molar-refractivity contribution >= 4 is 38.4 Å². The van der Waals surface area contributed by atoms with Crippen LogP contribution in [0.25, 0.3) is 10.9 Å². The quantitative estimate of drug-likeness (QED) is 0.523. The highest BCUT2D eigenvalue weighted by molar-refractivity contribution is 7.89. The average molecular weight is 523 g/mol. The summed E-state index contributed by atoms with van der Waals surface area (Å²) in [6.45, 7) is 4.63. The van der Waals surface area contributed by atoms with Crippen molar-refractivity contribution in [1.82, 2.24) is 19.5 Å². The first kappa shape index (κ1) is 24.3. The Morgan fingerprint density at radius 2 is 1.64 bits per heavy atom. The van der Waals surface area contributed by atoms with Crippen LogP contribution < -0.4 is 4.90 Å². The van der Waals surface area contributed by atoms with Crippen molar-refractivity contribution in [3.05, 3.63) is 45.9 Å². The Labute approximate surface area is 203 Å². The van der Waals surface area contributed by atoms with E-state index < -0.39 is 44.0 Å². The van der Waals surface area contributed by atoms with Crippen LogP contribution >= 0.6 is 0 Å². The maximum Gasteiger partial charge on any atom is 0.418 e. The Bertz CT molecular complexity index is 1540. The van der Waals surface area contributed by atoms with Gasteiger partial charge in [-0.15, -0.1) is 0 Å². The summed E-state index contributed by atoms with van der Waals surface area (Å²) in [6, 6.07) is 1.51. The van der Waals surface area contributed by atoms with Crippen molar-refractivity contribution in [3.63, 3.8) is 0 Å². The number of aromatic amines is 1. The first-order valence-corrected chi connectivity index (χ1v) is 12.3. The molecule has 0 aliphatic carbocycles. The summed E-state index contributed by atoms with van der Waals surface area (Å²) in [4.78, 5) is 31.1. The molecule has 36 heavy (non-hydrogen) atoms. The number of carbonyl (C=O) groups is 2. The highest BCUT2D eigenvalue weighted by Crippen LogP contribution is 2.42. The van der Waals surface area contributed by atoms with Gasteiger partial charge in [-0.05, 0) is 32.9 Å². The van der Waals surface area contributed by atoms with Gasteiger partial charge < -0.3 is 4.74 Å². The van der Waals surface area contributed by atoms with Crippen molar-refractivity contribution < 1.29 is 35.9 Å². The lowest BCUT2D eigenvalue weighted by molar-refractivity contribution is -0.136. The molecule has 10 nitrogen and oxygen atoms in total. The summed E-state index contributed by atoms with van der Waals surface area (Å²) < 4.78 is 75.2. The minimum absolute atomic E-state index is 0.0315. The fraction of sp³-hybridized carbons (Fsp3) is 0.364. The third-order valence-corrected chi connectivity index (χ3v) is 8.18. The third-order valence-electron chi connectivity index (χ3n) is 6.30. The summed E-state index contributed by atoms with van der Waals surface area (Å²) in [6.07, 6.45) is -4.98. The Morgan fingerprint density at radius 3 is 2.22 bits per heavy atom. The van der Waals surface area contributed by atoms with Crippen molar-refractivity contribution in [1.29, 1.82) is 0 Å². The van der Waals surface area contributed by atoms with Gasteiger partial charge >= 0.3 is 6.18 Å². The van der Waals surface area contributed by atoms with Crippen LogP contribution in [-0.4, -0.2) is 66.0 Å². The van der Waals surface area contributed by atoms with Gasteiger partial charge in [-0.1, -0.05) is 0 Å². The number of anilines is 1. The minimum Gasteiger partial charge on any atom is -0.379 e. The number of amides is 2. The highest BCUT2D eigenvalue weighted by atomic mass is 32.2. The number of aromatic nitrogens is 3. The first-order chi connectivity index (χ1) is 16.8. The number of hydrogen-bond acceptors (Lipinski definition) is 7. The van der Waals surface area contributed by atoms with Gasteiger partial charge in [0.25, 0.3) is 11.8 Å². The number of carbonyl (C=O) groups excluding carboxylic acids is 2. The van der Waals surface area contributed by atoms with Gasteiger partial charge in [0.15, 0.2) is 0 Å². The number of sulfonamides is 1. The summed E-state index contributed by atoms with van der Waals surface area (Å²) in [7, 11) is -4.36. The fourth-order valence-electron chi connectivity index (χ4n) is 4.64. The number of morpholine rings is 1. The maximum absolute atomic E-state index is 14.1. The third kappa shape index (κ3) is 3.50. The second-order valence-corrected chi connectivity index (χ2v) is 10.5. The van der Waals surface area contributed by atoms with Crippen LogP contribution in [0.1, 0.15) is 43.4 Å². The van der Waals surface area contributed by atoms with Gasteiger partial charge in [-0.25, -0.2) is 13.3 Å². The molecule has 14 heteroatoms.